The van der Waals surface area contributed by atoms with Crippen LogP contribution in [0.15, 0.2) is 42.5 Å². The molecule has 0 saturated carbocycles. The van der Waals surface area contributed by atoms with Gasteiger partial charge in [-0.15, -0.1) is 0 Å². The van der Waals surface area contributed by atoms with E-state index in [1.165, 1.54) is 0 Å². The van der Waals surface area contributed by atoms with Gasteiger partial charge in [-0.25, -0.2) is 4.79 Å². The van der Waals surface area contributed by atoms with Crippen molar-refractivity contribution in [3.8, 4) is 17.2 Å². The number of hydrogen-bond donors (Lipinski definition) is 2. The van der Waals surface area contributed by atoms with Gasteiger partial charge in [0.2, 0.25) is 0 Å². The van der Waals surface area contributed by atoms with Gasteiger partial charge in [-0.2, -0.15) is 0 Å². The van der Waals surface area contributed by atoms with Crippen molar-refractivity contribution >= 4 is 11.7 Å². The van der Waals surface area contributed by atoms with Crippen LogP contribution in [0.5, 0.6) is 17.2 Å². The SMILES string of the molecule is COc1ccc(C)cc1NC(=O)NCOc1ccccc1OC. The van der Waals surface area contributed by atoms with E-state index in [4.69, 9.17) is 14.2 Å². The molecule has 0 aliphatic heterocycles. The highest BCUT2D eigenvalue weighted by molar-refractivity contribution is 5.91. The number of para-hydroxylation sites is 2. The molecular formula is C17H20N2O4. The first-order valence-electron chi connectivity index (χ1n) is 7.09. The largest absolute Gasteiger partial charge is 0.495 e. The van der Waals surface area contributed by atoms with E-state index in [9.17, 15) is 4.79 Å². The van der Waals surface area contributed by atoms with Gasteiger partial charge in [0.15, 0.2) is 18.2 Å². The van der Waals surface area contributed by atoms with Gasteiger partial charge in [0.05, 0.1) is 19.9 Å². The number of urea groups is 1. The van der Waals surface area contributed by atoms with E-state index in [0.29, 0.717) is 22.9 Å². The predicted molar refractivity (Wildman–Crippen MR) is 88.4 cm³/mol. The van der Waals surface area contributed by atoms with E-state index < -0.39 is 0 Å². The second-order valence-corrected chi connectivity index (χ2v) is 4.77. The second-order valence-electron chi connectivity index (χ2n) is 4.77. The van der Waals surface area contributed by atoms with Crippen molar-refractivity contribution in [2.45, 2.75) is 6.92 Å². The van der Waals surface area contributed by atoms with Crippen molar-refractivity contribution in [2.75, 3.05) is 26.3 Å². The van der Waals surface area contributed by atoms with E-state index in [1.807, 2.05) is 31.2 Å². The molecule has 2 aromatic carbocycles. The fourth-order valence-corrected chi connectivity index (χ4v) is 2.00. The summed E-state index contributed by atoms with van der Waals surface area (Å²) in [6.07, 6.45) is 0. The molecule has 0 radical (unpaired) electrons. The average Bonchev–Trinajstić information content (AvgIpc) is 2.55. The molecule has 0 spiro atoms. The molecule has 0 bridgehead atoms. The molecule has 6 heteroatoms. The van der Waals surface area contributed by atoms with Gasteiger partial charge in [-0.1, -0.05) is 18.2 Å². The second kappa shape index (κ2) is 7.93. The Labute approximate surface area is 135 Å². The zero-order valence-corrected chi connectivity index (χ0v) is 13.4. The molecule has 0 aliphatic rings. The van der Waals surface area contributed by atoms with Gasteiger partial charge in [0, 0.05) is 0 Å². The number of nitrogens with one attached hydrogen (secondary N) is 2. The third kappa shape index (κ3) is 4.54. The topological polar surface area (TPSA) is 68.8 Å². The van der Waals surface area contributed by atoms with Crippen LogP contribution in [0.2, 0.25) is 0 Å². The minimum absolute atomic E-state index is 0.0142. The van der Waals surface area contributed by atoms with Gasteiger partial charge in [0.25, 0.3) is 0 Å². The molecule has 2 aromatic rings. The van der Waals surface area contributed by atoms with Gasteiger partial charge in [-0.05, 0) is 36.8 Å². The van der Waals surface area contributed by atoms with Crippen LogP contribution in [0, 0.1) is 6.92 Å². The molecule has 0 aliphatic carbocycles. The van der Waals surface area contributed by atoms with Crippen LogP contribution in [0.25, 0.3) is 0 Å². The van der Waals surface area contributed by atoms with Crippen LogP contribution >= 0.6 is 0 Å². The van der Waals surface area contributed by atoms with Crippen LogP contribution in [0.1, 0.15) is 5.56 Å². The summed E-state index contributed by atoms with van der Waals surface area (Å²) in [5, 5.41) is 5.35. The fraction of sp³-hybridized carbons (Fsp3) is 0.235. The van der Waals surface area contributed by atoms with E-state index in [2.05, 4.69) is 10.6 Å². The molecule has 0 fully saturated rings. The van der Waals surface area contributed by atoms with Crippen molar-refractivity contribution in [2.24, 2.45) is 0 Å². The molecule has 2 rings (SSSR count). The molecule has 23 heavy (non-hydrogen) atoms. The Morgan fingerprint density at radius 3 is 2.39 bits per heavy atom. The van der Waals surface area contributed by atoms with Crippen molar-refractivity contribution in [1.29, 1.82) is 0 Å². The lowest BCUT2D eigenvalue weighted by atomic mass is 10.2. The summed E-state index contributed by atoms with van der Waals surface area (Å²) < 4.78 is 15.9. The summed E-state index contributed by atoms with van der Waals surface area (Å²) in [5.41, 5.74) is 1.62. The van der Waals surface area contributed by atoms with Gasteiger partial charge in [0.1, 0.15) is 5.75 Å². The maximum absolute atomic E-state index is 11.9. The number of methoxy groups -OCH3 is 2. The summed E-state index contributed by atoms with van der Waals surface area (Å²) >= 11 is 0. The summed E-state index contributed by atoms with van der Waals surface area (Å²) in [7, 11) is 3.12. The quantitative estimate of drug-likeness (QED) is 0.803. The number of amides is 2. The van der Waals surface area contributed by atoms with E-state index >= 15 is 0 Å². The van der Waals surface area contributed by atoms with Gasteiger partial charge >= 0.3 is 6.03 Å². The molecule has 0 saturated heterocycles. The van der Waals surface area contributed by atoms with Crippen molar-refractivity contribution < 1.29 is 19.0 Å². The normalized spacial score (nSPS) is 9.87. The number of benzene rings is 2. The average molecular weight is 316 g/mol. The highest BCUT2D eigenvalue weighted by Gasteiger charge is 2.08. The Morgan fingerprint density at radius 1 is 1.00 bits per heavy atom. The maximum Gasteiger partial charge on any atom is 0.321 e. The van der Waals surface area contributed by atoms with Crippen LogP contribution in [0.3, 0.4) is 0 Å². The zero-order chi connectivity index (χ0) is 16.7. The number of anilines is 1. The highest BCUT2D eigenvalue weighted by atomic mass is 16.5. The minimum atomic E-state index is -0.385. The Bertz CT molecular complexity index is 673. The molecule has 0 heterocycles. The number of hydrogen-bond acceptors (Lipinski definition) is 4. The van der Waals surface area contributed by atoms with Crippen LogP contribution in [-0.2, 0) is 0 Å². The summed E-state index contributed by atoms with van der Waals surface area (Å²) in [6.45, 7) is 1.95. The third-order valence-electron chi connectivity index (χ3n) is 3.13. The summed E-state index contributed by atoms with van der Waals surface area (Å²) in [6, 6.07) is 12.4. The third-order valence-corrected chi connectivity index (χ3v) is 3.13. The molecule has 122 valence electrons. The van der Waals surface area contributed by atoms with E-state index in [0.717, 1.165) is 5.56 Å². The van der Waals surface area contributed by atoms with Crippen molar-refractivity contribution in [3.05, 3.63) is 48.0 Å². The molecule has 0 atom stereocenters. The summed E-state index contributed by atoms with van der Waals surface area (Å²) in [4.78, 5) is 11.9. The fourth-order valence-electron chi connectivity index (χ4n) is 2.00. The maximum atomic E-state index is 11.9. The van der Waals surface area contributed by atoms with Gasteiger partial charge in [-0.3, -0.25) is 0 Å². The monoisotopic (exact) mass is 316 g/mol. The first-order valence-corrected chi connectivity index (χ1v) is 7.09. The molecular weight excluding hydrogens is 296 g/mol. The Kier molecular flexibility index (Phi) is 5.68. The number of ether oxygens (including phenoxy) is 3. The van der Waals surface area contributed by atoms with E-state index in [1.54, 1.807) is 32.4 Å². The molecule has 6 nitrogen and oxygen atoms in total. The lowest BCUT2D eigenvalue weighted by molar-refractivity contribution is 0.231. The zero-order valence-electron chi connectivity index (χ0n) is 13.4. The Hall–Kier alpha value is -2.89. The Balaban J connectivity index is 1.89. The molecule has 2 amide bonds. The first kappa shape index (κ1) is 16.5. The standard InChI is InChI=1S/C17H20N2O4/c1-12-8-9-14(21-2)13(10-12)19-17(20)18-11-23-16-7-5-4-6-15(16)22-3/h4-10H,11H2,1-3H3,(H2,18,19,20). The van der Waals surface area contributed by atoms with Crippen LogP contribution < -0.4 is 24.8 Å². The molecule has 0 unspecified atom stereocenters. The lowest BCUT2D eigenvalue weighted by Gasteiger charge is -2.13. The van der Waals surface area contributed by atoms with Crippen LogP contribution in [0.4, 0.5) is 10.5 Å². The lowest BCUT2D eigenvalue weighted by Crippen LogP contribution is -2.32. The highest BCUT2D eigenvalue weighted by Crippen LogP contribution is 2.26. The smallest absolute Gasteiger partial charge is 0.321 e. The summed E-state index contributed by atoms with van der Waals surface area (Å²) in [5.74, 6) is 1.76. The molecule has 2 N–H and O–H groups in total. The van der Waals surface area contributed by atoms with Crippen molar-refractivity contribution in [1.82, 2.24) is 5.32 Å². The molecule has 0 aromatic heterocycles. The Morgan fingerprint density at radius 2 is 1.70 bits per heavy atom. The van der Waals surface area contributed by atoms with Crippen LogP contribution in [-0.4, -0.2) is 27.0 Å². The number of rotatable bonds is 6. The van der Waals surface area contributed by atoms with Gasteiger partial charge < -0.3 is 24.8 Å². The minimum Gasteiger partial charge on any atom is -0.495 e. The number of carbonyl (C=O) groups excluding carboxylic acids is 1. The first-order chi connectivity index (χ1) is 11.1. The van der Waals surface area contributed by atoms with E-state index in [-0.39, 0.29) is 12.8 Å². The predicted octanol–water partition coefficient (Wildman–Crippen LogP) is 3.17. The number of aryl methyl sites for hydroxylation is 1. The number of carbonyl (C=O) groups is 1. The van der Waals surface area contributed by atoms with Crippen molar-refractivity contribution in [3.63, 3.8) is 0 Å².